The van der Waals surface area contributed by atoms with Crippen molar-refractivity contribution >= 4 is 17.2 Å². The predicted molar refractivity (Wildman–Crippen MR) is 86.9 cm³/mol. The summed E-state index contributed by atoms with van der Waals surface area (Å²) in [4.78, 5) is 15.5. The van der Waals surface area contributed by atoms with Crippen molar-refractivity contribution in [3.8, 4) is 5.75 Å². The first-order valence-corrected chi connectivity index (χ1v) is 7.78. The van der Waals surface area contributed by atoms with E-state index in [4.69, 9.17) is 4.74 Å². The Labute approximate surface area is 129 Å². The molecule has 0 fully saturated rings. The number of carbonyl (C=O) groups excluding carboxylic acids is 1. The molecule has 0 bridgehead atoms. The summed E-state index contributed by atoms with van der Waals surface area (Å²) in [5.74, 6) is 0.786. The summed E-state index contributed by atoms with van der Waals surface area (Å²) in [6.45, 7) is 7.43. The summed E-state index contributed by atoms with van der Waals surface area (Å²) in [5.41, 5.74) is 0.664. The second-order valence-corrected chi connectivity index (χ2v) is 5.54. The average molecular weight is 301 g/mol. The lowest BCUT2D eigenvalue weighted by atomic mass is 10.2. The smallest absolute Gasteiger partial charge is 0.254 e. The molecule has 0 atom stereocenters. The van der Waals surface area contributed by atoms with E-state index in [0.29, 0.717) is 25.3 Å². The molecule has 21 heavy (non-hydrogen) atoms. The summed E-state index contributed by atoms with van der Waals surface area (Å²) < 4.78 is 5.39. The van der Waals surface area contributed by atoms with Crippen molar-refractivity contribution in [1.82, 2.24) is 4.90 Å². The monoisotopic (exact) mass is 301 g/mol. The molecule has 0 saturated carbocycles. The molecule has 3 nitrogen and oxygen atoms in total. The zero-order valence-corrected chi connectivity index (χ0v) is 12.9. The van der Waals surface area contributed by atoms with Crippen LogP contribution in [0.4, 0.5) is 0 Å². The van der Waals surface area contributed by atoms with Crippen molar-refractivity contribution in [1.29, 1.82) is 0 Å². The van der Waals surface area contributed by atoms with Crippen LogP contribution in [0.3, 0.4) is 0 Å². The zero-order valence-electron chi connectivity index (χ0n) is 12.1. The number of benzene rings is 1. The Hall–Kier alpha value is -2.07. The zero-order chi connectivity index (χ0) is 15.1. The van der Waals surface area contributed by atoms with Crippen LogP contribution in [0.5, 0.6) is 5.75 Å². The summed E-state index contributed by atoms with van der Waals surface area (Å²) in [6.07, 6.45) is 1.75. The van der Waals surface area contributed by atoms with E-state index in [1.807, 2.05) is 36.6 Å². The highest BCUT2D eigenvalue weighted by molar-refractivity contribution is 7.09. The molecule has 110 valence electrons. The van der Waals surface area contributed by atoms with Gasteiger partial charge in [-0.05, 0) is 42.6 Å². The summed E-state index contributed by atoms with van der Waals surface area (Å²) in [7, 11) is 0. The molecule has 2 aromatic rings. The molecule has 0 aliphatic rings. The van der Waals surface area contributed by atoms with Gasteiger partial charge in [0.1, 0.15) is 5.75 Å². The average Bonchev–Trinajstić information content (AvgIpc) is 3.00. The van der Waals surface area contributed by atoms with Crippen LogP contribution in [0.1, 0.15) is 22.2 Å². The first kappa shape index (κ1) is 15.3. The SMILES string of the molecule is C=CCN(Cc1cccs1)C(=O)c1ccc(OCC)cc1. The predicted octanol–water partition coefficient (Wildman–Crippen LogP) is 3.98. The normalized spacial score (nSPS) is 10.1. The summed E-state index contributed by atoms with van der Waals surface area (Å²) in [5, 5.41) is 2.02. The van der Waals surface area contributed by atoms with Gasteiger partial charge in [0.2, 0.25) is 0 Å². The Morgan fingerprint density at radius 3 is 2.67 bits per heavy atom. The fourth-order valence-electron chi connectivity index (χ4n) is 2.01. The van der Waals surface area contributed by atoms with Gasteiger partial charge in [0.15, 0.2) is 0 Å². The lowest BCUT2D eigenvalue weighted by Crippen LogP contribution is -2.30. The van der Waals surface area contributed by atoms with Crippen molar-refractivity contribution < 1.29 is 9.53 Å². The van der Waals surface area contributed by atoms with E-state index in [9.17, 15) is 4.79 Å². The number of rotatable bonds is 7. The molecule has 1 amide bonds. The quantitative estimate of drug-likeness (QED) is 0.724. The van der Waals surface area contributed by atoms with Gasteiger partial charge in [-0.25, -0.2) is 0 Å². The third-order valence-electron chi connectivity index (χ3n) is 2.98. The molecule has 2 rings (SSSR count). The lowest BCUT2D eigenvalue weighted by Gasteiger charge is -2.20. The third-order valence-corrected chi connectivity index (χ3v) is 3.84. The molecule has 0 N–H and O–H groups in total. The molecule has 0 saturated heterocycles. The summed E-state index contributed by atoms with van der Waals surface area (Å²) in [6, 6.07) is 11.3. The van der Waals surface area contributed by atoms with Gasteiger partial charge in [-0.3, -0.25) is 4.79 Å². The molecule has 0 aliphatic carbocycles. The number of hydrogen-bond donors (Lipinski definition) is 0. The van der Waals surface area contributed by atoms with Crippen LogP contribution in [0.2, 0.25) is 0 Å². The van der Waals surface area contributed by atoms with Gasteiger partial charge in [-0.2, -0.15) is 0 Å². The minimum atomic E-state index is 0.00588. The van der Waals surface area contributed by atoms with E-state index >= 15 is 0 Å². The van der Waals surface area contributed by atoms with E-state index in [2.05, 4.69) is 6.58 Å². The molecule has 1 aromatic heterocycles. The Morgan fingerprint density at radius 1 is 1.33 bits per heavy atom. The van der Waals surface area contributed by atoms with Crippen LogP contribution in [0.15, 0.2) is 54.4 Å². The Kier molecular flexibility index (Phi) is 5.58. The summed E-state index contributed by atoms with van der Waals surface area (Å²) >= 11 is 1.65. The van der Waals surface area contributed by atoms with Crippen molar-refractivity contribution in [2.75, 3.05) is 13.2 Å². The number of nitrogens with zero attached hydrogens (tertiary/aromatic N) is 1. The molecule has 0 unspecified atom stereocenters. The van der Waals surface area contributed by atoms with Gasteiger partial charge < -0.3 is 9.64 Å². The minimum Gasteiger partial charge on any atom is -0.494 e. The number of thiophene rings is 1. The number of carbonyl (C=O) groups is 1. The second-order valence-electron chi connectivity index (χ2n) is 4.51. The minimum absolute atomic E-state index is 0.00588. The lowest BCUT2D eigenvalue weighted by molar-refractivity contribution is 0.0764. The van der Waals surface area contributed by atoms with Crippen molar-refractivity contribution in [3.63, 3.8) is 0 Å². The van der Waals surface area contributed by atoms with Crippen LogP contribution in [0, 0.1) is 0 Å². The molecule has 4 heteroatoms. The maximum atomic E-state index is 12.6. The van der Waals surface area contributed by atoms with Gasteiger partial charge in [0.25, 0.3) is 5.91 Å². The van der Waals surface area contributed by atoms with Crippen LogP contribution < -0.4 is 4.74 Å². The standard InChI is InChI=1S/C17H19NO2S/c1-3-11-18(13-16-6-5-12-21-16)17(19)14-7-9-15(10-8-14)20-4-2/h3,5-10,12H,1,4,11,13H2,2H3. The first-order valence-electron chi connectivity index (χ1n) is 6.90. The van der Waals surface area contributed by atoms with Crippen molar-refractivity contribution in [2.45, 2.75) is 13.5 Å². The molecule has 1 aromatic carbocycles. The molecular weight excluding hydrogens is 282 g/mol. The van der Waals surface area contributed by atoms with Gasteiger partial charge in [-0.15, -0.1) is 17.9 Å². The molecule has 0 aliphatic heterocycles. The van der Waals surface area contributed by atoms with Gasteiger partial charge in [0.05, 0.1) is 13.2 Å². The Balaban J connectivity index is 2.11. The van der Waals surface area contributed by atoms with E-state index < -0.39 is 0 Å². The van der Waals surface area contributed by atoms with Gasteiger partial charge >= 0.3 is 0 Å². The maximum Gasteiger partial charge on any atom is 0.254 e. The van der Waals surface area contributed by atoms with Crippen molar-refractivity contribution in [2.24, 2.45) is 0 Å². The molecular formula is C17H19NO2S. The fourth-order valence-corrected chi connectivity index (χ4v) is 2.73. The number of hydrogen-bond acceptors (Lipinski definition) is 3. The van der Waals surface area contributed by atoms with Gasteiger partial charge in [0, 0.05) is 17.0 Å². The second kappa shape index (κ2) is 7.64. The van der Waals surface area contributed by atoms with E-state index in [1.54, 1.807) is 34.4 Å². The highest BCUT2D eigenvalue weighted by Crippen LogP contribution is 2.17. The number of amides is 1. The van der Waals surface area contributed by atoms with Gasteiger partial charge in [-0.1, -0.05) is 12.1 Å². The highest BCUT2D eigenvalue weighted by atomic mass is 32.1. The first-order chi connectivity index (χ1) is 10.2. The number of ether oxygens (including phenoxy) is 1. The van der Waals surface area contributed by atoms with E-state index in [-0.39, 0.29) is 5.91 Å². The third kappa shape index (κ3) is 4.20. The van der Waals surface area contributed by atoms with E-state index in [0.717, 1.165) is 10.6 Å². The highest BCUT2D eigenvalue weighted by Gasteiger charge is 2.15. The van der Waals surface area contributed by atoms with Crippen LogP contribution >= 0.6 is 11.3 Å². The molecule has 0 spiro atoms. The van der Waals surface area contributed by atoms with Crippen LogP contribution in [-0.2, 0) is 6.54 Å². The molecule has 0 radical (unpaired) electrons. The van der Waals surface area contributed by atoms with Crippen LogP contribution in [0.25, 0.3) is 0 Å². The topological polar surface area (TPSA) is 29.5 Å². The Morgan fingerprint density at radius 2 is 2.10 bits per heavy atom. The maximum absolute atomic E-state index is 12.6. The largest absolute Gasteiger partial charge is 0.494 e. The fraction of sp³-hybridized carbons (Fsp3) is 0.235. The molecule has 1 heterocycles. The van der Waals surface area contributed by atoms with E-state index in [1.165, 1.54) is 0 Å². The van der Waals surface area contributed by atoms with Crippen LogP contribution in [-0.4, -0.2) is 24.0 Å². The van der Waals surface area contributed by atoms with Crippen molar-refractivity contribution in [3.05, 3.63) is 64.9 Å². The Bertz CT molecular complexity index is 575.